The monoisotopic (exact) mass is 304 g/mol. The summed E-state index contributed by atoms with van der Waals surface area (Å²) in [5.74, 6) is 6.60. The summed E-state index contributed by atoms with van der Waals surface area (Å²) in [6, 6.07) is 11.9. The van der Waals surface area contributed by atoms with Gasteiger partial charge in [-0.2, -0.15) is 0 Å². The van der Waals surface area contributed by atoms with Crippen LogP contribution < -0.4 is 16.0 Å². The minimum Gasteiger partial charge on any atom is -0.496 e. The molecule has 0 saturated carbocycles. The van der Waals surface area contributed by atoms with Gasteiger partial charge in [-0.15, -0.1) is 0 Å². The van der Waals surface area contributed by atoms with Crippen LogP contribution in [0.3, 0.4) is 0 Å². The Morgan fingerprint density at radius 3 is 2.67 bits per heavy atom. The van der Waals surface area contributed by atoms with E-state index in [1.807, 2.05) is 18.2 Å². The van der Waals surface area contributed by atoms with Gasteiger partial charge in [-0.3, -0.25) is 11.3 Å². The van der Waals surface area contributed by atoms with Gasteiger partial charge < -0.3 is 4.74 Å². The van der Waals surface area contributed by atoms with E-state index in [-0.39, 0.29) is 6.04 Å². The molecule has 3 N–H and O–H groups in total. The molecule has 0 aliphatic heterocycles. The third-order valence-corrected chi connectivity index (χ3v) is 4.12. The standard InChI is InChI=1S/C17H21ClN2O/c1-11-5-4-6-15(12(11)2)16(20-19)10-13-9-14(18)7-8-17(13)21-3/h4-9,16,20H,10,19H2,1-3H3. The molecular formula is C17H21ClN2O. The molecule has 0 aromatic heterocycles. The molecule has 0 aliphatic carbocycles. The molecular weight excluding hydrogens is 284 g/mol. The number of nitrogens with one attached hydrogen (secondary N) is 1. The third kappa shape index (κ3) is 3.56. The number of methoxy groups -OCH3 is 1. The van der Waals surface area contributed by atoms with E-state index >= 15 is 0 Å². The molecule has 1 atom stereocenters. The Labute approximate surface area is 131 Å². The third-order valence-electron chi connectivity index (χ3n) is 3.89. The molecule has 0 aliphatic rings. The summed E-state index contributed by atoms with van der Waals surface area (Å²) in [5, 5.41) is 0.697. The zero-order chi connectivity index (χ0) is 15.4. The van der Waals surface area contributed by atoms with E-state index in [0.29, 0.717) is 11.4 Å². The summed E-state index contributed by atoms with van der Waals surface area (Å²) in [6.45, 7) is 4.22. The zero-order valence-corrected chi connectivity index (χ0v) is 13.4. The molecule has 2 aromatic carbocycles. The predicted octanol–water partition coefficient (Wildman–Crippen LogP) is 3.71. The maximum Gasteiger partial charge on any atom is 0.122 e. The lowest BCUT2D eigenvalue weighted by molar-refractivity contribution is 0.405. The summed E-state index contributed by atoms with van der Waals surface area (Å²) in [7, 11) is 1.66. The van der Waals surface area contributed by atoms with Crippen molar-refractivity contribution in [1.82, 2.24) is 5.43 Å². The maximum absolute atomic E-state index is 6.10. The summed E-state index contributed by atoms with van der Waals surface area (Å²) in [5.41, 5.74) is 7.64. The first-order valence-corrected chi connectivity index (χ1v) is 7.29. The molecule has 2 aromatic rings. The highest BCUT2D eigenvalue weighted by Gasteiger charge is 2.16. The van der Waals surface area contributed by atoms with Crippen molar-refractivity contribution in [3.05, 3.63) is 63.7 Å². The van der Waals surface area contributed by atoms with E-state index in [4.69, 9.17) is 22.2 Å². The van der Waals surface area contributed by atoms with Gasteiger partial charge in [-0.05, 0) is 60.7 Å². The van der Waals surface area contributed by atoms with Gasteiger partial charge in [0.15, 0.2) is 0 Å². The van der Waals surface area contributed by atoms with E-state index < -0.39 is 0 Å². The fourth-order valence-electron chi connectivity index (χ4n) is 2.54. The first kappa shape index (κ1) is 15.8. The first-order valence-electron chi connectivity index (χ1n) is 6.91. The van der Waals surface area contributed by atoms with Crippen LogP contribution in [0.25, 0.3) is 0 Å². The van der Waals surface area contributed by atoms with E-state index in [0.717, 1.165) is 11.3 Å². The average Bonchev–Trinajstić information content (AvgIpc) is 2.48. The Kier molecular flexibility index (Phi) is 5.23. The zero-order valence-electron chi connectivity index (χ0n) is 12.6. The number of benzene rings is 2. The molecule has 0 spiro atoms. The quantitative estimate of drug-likeness (QED) is 0.654. The lowest BCUT2D eigenvalue weighted by Crippen LogP contribution is -2.30. The number of ether oxygens (including phenoxy) is 1. The van der Waals surface area contributed by atoms with Crippen molar-refractivity contribution in [1.29, 1.82) is 0 Å². The number of rotatable bonds is 5. The number of halogens is 1. The largest absolute Gasteiger partial charge is 0.496 e. The van der Waals surface area contributed by atoms with Crippen molar-refractivity contribution in [3.8, 4) is 5.75 Å². The van der Waals surface area contributed by atoms with Crippen LogP contribution in [0.1, 0.15) is 28.3 Å². The van der Waals surface area contributed by atoms with E-state index in [1.54, 1.807) is 7.11 Å². The van der Waals surface area contributed by atoms with Gasteiger partial charge in [-0.25, -0.2) is 0 Å². The smallest absolute Gasteiger partial charge is 0.122 e. The Balaban J connectivity index is 2.35. The minimum atomic E-state index is 0.0114. The number of aryl methyl sites for hydroxylation is 1. The second-order valence-corrected chi connectivity index (χ2v) is 5.61. The SMILES string of the molecule is COc1ccc(Cl)cc1CC(NN)c1cccc(C)c1C. The molecule has 0 heterocycles. The molecule has 0 radical (unpaired) electrons. The highest BCUT2D eigenvalue weighted by atomic mass is 35.5. The van der Waals surface area contributed by atoms with Crippen molar-refractivity contribution in [2.24, 2.45) is 5.84 Å². The van der Waals surface area contributed by atoms with Gasteiger partial charge >= 0.3 is 0 Å². The molecule has 21 heavy (non-hydrogen) atoms. The average molecular weight is 305 g/mol. The number of hydrogen-bond donors (Lipinski definition) is 2. The second kappa shape index (κ2) is 6.94. The van der Waals surface area contributed by atoms with Crippen LogP contribution in [0.2, 0.25) is 5.02 Å². The van der Waals surface area contributed by atoms with E-state index in [1.165, 1.54) is 16.7 Å². The van der Waals surface area contributed by atoms with Gasteiger partial charge in [0.2, 0.25) is 0 Å². The molecule has 0 bridgehead atoms. The van der Waals surface area contributed by atoms with E-state index in [9.17, 15) is 0 Å². The topological polar surface area (TPSA) is 47.3 Å². The van der Waals surface area contributed by atoms with Gasteiger partial charge in [0.25, 0.3) is 0 Å². The molecule has 112 valence electrons. The Bertz CT molecular complexity index is 628. The number of hydrogen-bond acceptors (Lipinski definition) is 3. The van der Waals surface area contributed by atoms with Crippen LogP contribution >= 0.6 is 11.6 Å². The first-order chi connectivity index (χ1) is 10.1. The molecule has 1 unspecified atom stereocenters. The predicted molar refractivity (Wildman–Crippen MR) is 87.7 cm³/mol. The van der Waals surface area contributed by atoms with Crippen molar-refractivity contribution in [2.75, 3.05) is 7.11 Å². The van der Waals surface area contributed by atoms with Gasteiger partial charge in [-0.1, -0.05) is 29.8 Å². The van der Waals surface area contributed by atoms with Crippen LogP contribution in [0.15, 0.2) is 36.4 Å². The Hall–Kier alpha value is -1.55. The molecule has 4 heteroatoms. The molecule has 2 rings (SSSR count). The van der Waals surface area contributed by atoms with Gasteiger partial charge in [0.05, 0.1) is 13.2 Å². The fourth-order valence-corrected chi connectivity index (χ4v) is 2.73. The lowest BCUT2D eigenvalue weighted by atomic mass is 9.93. The summed E-state index contributed by atoms with van der Waals surface area (Å²) in [4.78, 5) is 0. The fraction of sp³-hybridized carbons (Fsp3) is 0.294. The summed E-state index contributed by atoms with van der Waals surface area (Å²) < 4.78 is 5.41. The van der Waals surface area contributed by atoms with Gasteiger partial charge in [0, 0.05) is 5.02 Å². The summed E-state index contributed by atoms with van der Waals surface area (Å²) >= 11 is 6.10. The Morgan fingerprint density at radius 1 is 1.24 bits per heavy atom. The van der Waals surface area contributed by atoms with Crippen LogP contribution in [0.5, 0.6) is 5.75 Å². The Morgan fingerprint density at radius 2 is 2.00 bits per heavy atom. The normalized spacial score (nSPS) is 12.2. The highest BCUT2D eigenvalue weighted by molar-refractivity contribution is 6.30. The van der Waals surface area contributed by atoms with Crippen LogP contribution in [-0.2, 0) is 6.42 Å². The van der Waals surface area contributed by atoms with Crippen LogP contribution in [0, 0.1) is 13.8 Å². The lowest BCUT2D eigenvalue weighted by Gasteiger charge is -2.21. The second-order valence-electron chi connectivity index (χ2n) is 5.17. The van der Waals surface area contributed by atoms with Crippen molar-refractivity contribution in [2.45, 2.75) is 26.3 Å². The summed E-state index contributed by atoms with van der Waals surface area (Å²) in [6.07, 6.45) is 0.713. The molecule has 3 nitrogen and oxygen atoms in total. The molecule has 0 amide bonds. The molecule has 0 fully saturated rings. The van der Waals surface area contributed by atoms with Crippen molar-refractivity contribution < 1.29 is 4.74 Å². The van der Waals surface area contributed by atoms with Crippen LogP contribution in [-0.4, -0.2) is 7.11 Å². The van der Waals surface area contributed by atoms with E-state index in [2.05, 4.69) is 37.5 Å². The van der Waals surface area contributed by atoms with Crippen LogP contribution in [0.4, 0.5) is 0 Å². The highest BCUT2D eigenvalue weighted by Crippen LogP contribution is 2.29. The maximum atomic E-state index is 6.10. The molecule has 0 saturated heterocycles. The minimum absolute atomic E-state index is 0.0114. The van der Waals surface area contributed by atoms with Gasteiger partial charge in [0.1, 0.15) is 5.75 Å². The number of nitrogens with two attached hydrogens (primary N) is 1. The van der Waals surface area contributed by atoms with Crippen molar-refractivity contribution >= 4 is 11.6 Å². The number of hydrazine groups is 1. The van der Waals surface area contributed by atoms with Crippen molar-refractivity contribution in [3.63, 3.8) is 0 Å².